The Labute approximate surface area is 125 Å². The highest BCUT2D eigenvalue weighted by molar-refractivity contribution is 6.03. The van der Waals surface area contributed by atoms with Crippen LogP contribution in [-0.2, 0) is 4.79 Å². The molecule has 0 aliphatic carbocycles. The number of carbonyl (C=O) groups is 1. The minimum atomic E-state index is -0.254. The first-order chi connectivity index (χ1) is 10.1. The van der Waals surface area contributed by atoms with E-state index in [0.717, 1.165) is 29.9 Å². The molecule has 1 aromatic carbocycles. The van der Waals surface area contributed by atoms with Gasteiger partial charge in [-0.1, -0.05) is 13.0 Å². The van der Waals surface area contributed by atoms with Gasteiger partial charge in [-0.15, -0.1) is 0 Å². The Morgan fingerprint density at radius 3 is 2.95 bits per heavy atom. The van der Waals surface area contributed by atoms with Crippen molar-refractivity contribution in [2.45, 2.75) is 38.8 Å². The fourth-order valence-electron chi connectivity index (χ4n) is 2.48. The number of hydrogen-bond acceptors (Lipinski definition) is 4. The predicted octanol–water partition coefficient (Wildman–Crippen LogP) is 2.42. The molecular formula is C16H22N4O. The van der Waals surface area contributed by atoms with E-state index >= 15 is 0 Å². The lowest BCUT2D eigenvalue weighted by atomic mass is 10.1. The highest BCUT2D eigenvalue weighted by Gasteiger charge is 2.30. The van der Waals surface area contributed by atoms with E-state index in [4.69, 9.17) is 5.26 Å². The third-order valence-electron chi connectivity index (χ3n) is 3.92. The molecule has 0 saturated carbocycles. The lowest BCUT2D eigenvalue weighted by Gasteiger charge is -2.25. The Hall–Kier alpha value is -2.06. The third kappa shape index (κ3) is 3.17. The van der Waals surface area contributed by atoms with E-state index in [9.17, 15) is 4.79 Å². The molecule has 1 aromatic rings. The topological polar surface area (TPSA) is 68.2 Å². The number of nitriles is 1. The molecular weight excluding hydrogens is 264 g/mol. The zero-order valence-electron chi connectivity index (χ0n) is 12.8. The number of amides is 1. The molecule has 0 fully saturated rings. The monoisotopic (exact) mass is 286 g/mol. The van der Waals surface area contributed by atoms with Crippen LogP contribution in [-0.4, -0.2) is 25.5 Å². The van der Waals surface area contributed by atoms with Crippen LogP contribution in [0.25, 0.3) is 0 Å². The lowest BCUT2D eigenvalue weighted by molar-refractivity contribution is -0.117. The van der Waals surface area contributed by atoms with Crippen LogP contribution < -0.4 is 15.5 Å². The second-order valence-electron chi connectivity index (χ2n) is 5.47. The maximum absolute atomic E-state index is 12.0. The molecule has 1 aliphatic heterocycles. The molecule has 2 unspecified atom stereocenters. The summed E-state index contributed by atoms with van der Waals surface area (Å²) in [6.07, 6.45) is 1.46. The molecule has 2 atom stereocenters. The molecule has 2 N–H and O–H groups in total. The molecule has 0 bridgehead atoms. The van der Waals surface area contributed by atoms with E-state index in [-0.39, 0.29) is 18.0 Å². The van der Waals surface area contributed by atoms with Crippen molar-refractivity contribution >= 4 is 17.3 Å². The van der Waals surface area contributed by atoms with Gasteiger partial charge in [-0.3, -0.25) is 4.79 Å². The number of hydrogen-bond donors (Lipinski definition) is 2. The van der Waals surface area contributed by atoms with Crippen LogP contribution in [0.15, 0.2) is 18.2 Å². The van der Waals surface area contributed by atoms with E-state index in [2.05, 4.69) is 28.5 Å². The number of nitrogens with zero attached hydrogens (tertiary/aromatic N) is 2. The van der Waals surface area contributed by atoms with E-state index in [1.165, 1.54) is 0 Å². The molecule has 1 aliphatic rings. The van der Waals surface area contributed by atoms with Gasteiger partial charge in [0.2, 0.25) is 5.91 Å². The second-order valence-corrected chi connectivity index (χ2v) is 5.47. The van der Waals surface area contributed by atoms with Gasteiger partial charge in [0.15, 0.2) is 0 Å². The first-order valence-electron chi connectivity index (χ1n) is 7.36. The quantitative estimate of drug-likeness (QED) is 0.842. The van der Waals surface area contributed by atoms with Gasteiger partial charge >= 0.3 is 0 Å². The zero-order chi connectivity index (χ0) is 15.4. The summed E-state index contributed by atoms with van der Waals surface area (Å²) in [6, 6.07) is 8.05. The Kier molecular flexibility index (Phi) is 4.81. The molecule has 0 aromatic heterocycles. The summed E-state index contributed by atoms with van der Waals surface area (Å²) < 4.78 is 0. The molecule has 1 amide bonds. The number of nitrogens with one attached hydrogen (secondary N) is 2. The van der Waals surface area contributed by atoms with Gasteiger partial charge in [-0.25, -0.2) is 0 Å². The summed E-state index contributed by atoms with van der Waals surface area (Å²) in [5, 5.41) is 15.0. The van der Waals surface area contributed by atoms with Crippen LogP contribution in [0.1, 0.15) is 38.3 Å². The first-order valence-corrected chi connectivity index (χ1v) is 7.36. The summed E-state index contributed by atoms with van der Waals surface area (Å²) in [7, 11) is 1.97. The highest BCUT2D eigenvalue weighted by Crippen LogP contribution is 2.34. The van der Waals surface area contributed by atoms with E-state index in [0.29, 0.717) is 6.42 Å². The summed E-state index contributed by atoms with van der Waals surface area (Å²) in [4.78, 5) is 14.1. The SMILES string of the molecule is CCCNC1C(=O)Nc2cc(N(C)C(C)CC#N)ccc21. The van der Waals surface area contributed by atoms with Gasteiger partial charge < -0.3 is 15.5 Å². The number of benzene rings is 1. The fraction of sp³-hybridized carbons (Fsp3) is 0.500. The molecule has 0 saturated heterocycles. The van der Waals surface area contributed by atoms with Crippen molar-refractivity contribution < 1.29 is 4.79 Å². The average Bonchev–Trinajstić information content (AvgIpc) is 2.79. The number of carbonyl (C=O) groups excluding carboxylic acids is 1. The third-order valence-corrected chi connectivity index (χ3v) is 3.92. The summed E-state index contributed by atoms with van der Waals surface area (Å²) in [5.41, 5.74) is 2.87. The van der Waals surface area contributed by atoms with Crippen molar-refractivity contribution in [1.82, 2.24) is 5.32 Å². The first kappa shape index (κ1) is 15.3. The van der Waals surface area contributed by atoms with Crippen molar-refractivity contribution in [2.75, 3.05) is 23.8 Å². The minimum Gasteiger partial charge on any atom is -0.371 e. The largest absolute Gasteiger partial charge is 0.371 e. The van der Waals surface area contributed by atoms with E-state index in [1.807, 2.05) is 32.2 Å². The number of rotatable bonds is 6. The molecule has 2 rings (SSSR count). The number of anilines is 2. The second kappa shape index (κ2) is 6.59. The van der Waals surface area contributed by atoms with Gasteiger partial charge in [-0.2, -0.15) is 5.26 Å². The minimum absolute atomic E-state index is 0.00308. The average molecular weight is 286 g/mol. The fourth-order valence-corrected chi connectivity index (χ4v) is 2.48. The van der Waals surface area contributed by atoms with Gasteiger partial charge in [-0.05, 0) is 32.0 Å². The maximum Gasteiger partial charge on any atom is 0.246 e. The van der Waals surface area contributed by atoms with Crippen LogP contribution in [0.5, 0.6) is 0 Å². The maximum atomic E-state index is 12.0. The van der Waals surface area contributed by atoms with Crippen molar-refractivity contribution in [2.24, 2.45) is 0 Å². The Morgan fingerprint density at radius 1 is 1.52 bits per heavy atom. The van der Waals surface area contributed by atoms with Gasteiger partial charge in [0.1, 0.15) is 6.04 Å². The summed E-state index contributed by atoms with van der Waals surface area (Å²) in [6.45, 7) is 4.91. The predicted molar refractivity (Wildman–Crippen MR) is 84.2 cm³/mol. The number of fused-ring (bicyclic) bond motifs is 1. The highest BCUT2D eigenvalue weighted by atomic mass is 16.2. The Morgan fingerprint density at radius 2 is 2.29 bits per heavy atom. The van der Waals surface area contributed by atoms with Crippen LogP contribution >= 0.6 is 0 Å². The van der Waals surface area contributed by atoms with E-state index in [1.54, 1.807) is 0 Å². The van der Waals surface area contributed by atoms with Crippen LogP contribution in [0.4, 0.5) is 11.4 Å². The van der Waals surface area contributed by atoms with Crippen molar-refractivity contribution in [3.05, 3.63) is 23.8 Å². The molecule has 5 nitrogen and oxygen atoms in total. The Balaban J connectivity index is 2.20. The van der Waals surface area contributed by atoms with Crippen LogP contribution in [0, 0.1) is 11.3 Å². The van der Waals surface area contributed by atoms with Crippen LogP contribution in [0.3, 0.4) is 0 Å². The van der Waals surface area contributed by atoms with Crippen molar-refractivity contribution in [3.8, 4) is 6.07 Å². The molecule has 112 valence electrons. The zero-order valence-corrected chi connectivity index (χ0v) is 12.8. The molecule has 21 heavy (non-hydrogen) atoms. The van der Waals surface area contributed by atoms with Crippen LogP contribution in [0.2, 0.25) is 0 Å². The molecule has 5 heteroatoms. The summed E-state index contributed by atoms with van der Waals surface area (Å²) in [5.74, 6) is 0.00308. The van der Waals surface area contributed by atoms with Crippen molar-refractivity contribution in [3.63, 3.8) is 0 Å². The molecule has 0 spiro atoms. The smallest absolute Gasteiger partial charge is 0.246 e. The molecule has 0 radical (unpaired) electrons. The van der Waals surface area contributed by atoms with Gasteiger partial charge in [0, 0.05) is 30.0 Å². The van der Waals surface area contributed by atoms with Crippen molar-refractivity contribution in [1.29, 1.82) is 5.26 Å². The van der Waals surface area contributed by atoms with Gasteiger partial charge in [0.25, 0.3) is 0 Å². The normalized spacial score (nSPS) is 17.8. The lowest BCUT2D eigenvalue weighted by Crippen LogP contribution is -2.28. The van der Waals surface area contributed by atoms with E-state index < -0.39 is 0 Å². The summed E-state index contributed by atoms with van der Waals surface area (Å²) >= 11 is 0. The van der Waals surface area contributed by atoms with Gasteiger partial charge in [0.05, 0.1) is 12.5 Å². The molecule has 1 heterocycles. The Bertz CT molecular complexity index is 564. The standard InChI is InChI=1S/C16H22N4O/c1-4-9-18-15-13-6-5-12(10-14(13)19-16(15)21)20(3)11(2)7-8-17/h5-6,10-11,15,18H,4,7,9H2,1-3H3,(H,19,21).